The molecule has 0 bridgehead atoms. The second-order valence-electron chi connectivity index (χ2n) is 6.18. The number of rotatable bonds is 1. The van der Waals surface area contributed by atoms with E-state index in [-0.39, 0.29) is 5.41 Å². The van der Waals surface area contributed by atoms with Crippen molar-refractivity contribution in [3.63, 3.8) is 0 Å². The summed E-state index contributed by atoms with van der Waals surface area (Å²) in [6.07, 6.45) is 1.79. The summed E-state index contributed by atoms with van der Waals surface area (Å²) >= 11 is 0. The average Bonchev–Trinajstić information content (AvgIpc) is 2.80. The molecule has 3 nitrogen and oxygen atoms in total. The van der Waals surface area contributed by atoms with Gasteiger partial charge in [-0.05, 0) is 41.7 Å². The molecule has 0 N–H and O–H groups in total. The van der Waals surface area contributed by atoms with Gasteiger partial charge in [0.2, 0.25) is 11.6 Å². The number of aryl methyl sites for hydroxylation is 1. The zero-order chi connectivity index (χ0) is 14.3. The zero-order valence-corrected chi connectivity index (χ0v) is 12.3. The Balaban J connectivity index is 2.02. The predicted octanol–water partition coefficient (Wildman–Crippen LogP) is 4.50. The smallest absolute Gasteiger partial charge is 0.247 e. The minimum Gasteiger partial charge on any atom is -0.418 e. The third-order valence-corrected chi connectivity index (χ3v) is 3.38. The van der Waals surface area contributed by atoms with Gasteiger partial charge in [0.05, 0.1) is 0 Å². The largest absolute Gasteiger partial charge is 0.418 e. The van der Waals surface area contributed by atoms with Gasteiger partial charge in [0.25, 0.3) is 0 Å². The highest BCUT2D eigenvalue weighted by atomic mass is 16.4. The van der Waals surface area contributed by atoms with Crippen molar-refractivity contribution in [1.29, 1.82) is 0 Å². The van der Waals surface area contributed by atoms with Gasteiger partial charge in [-0.25, -0.2) is 9.97 Å². The van der Waals surface area contributed by atoms with Gasteiger partial charge in [-0.2, -0.15) is 0 Å². The molecule has 0 saturated carbocycles. The molecule has 3 aromatic rings. The van der Waals surface area contributed by atoms with Gasteiger partial charge in [0, 0.05) is 11.8 Å². The number of fused-ring (bicyclic) bond motifs is 1. The lowest BCUT2D eigenvalue weighted by Crippen LogP contribution is -2.10. The van der Waals surface area contributed by atoms with E-state index in [0.717, 1.165) is 16.6 Å². The molecule has 0 radical (unpaired) electrons. The standard InChI is InChI=1S/C17H18N2O/c1-11-9-14-16(18-10-11)20-15(19-14)12-5-7-13(8-6-12)17(2,3)4/h5-10H,1-4H3. The normalized spacial score (nSPS) is 12.0. The van der Waals surface area contributed by atoms with Crippen LogP contribution in [0.1, 0.15) is 31.9 Å². The van der Waals surface area contributed by atoms with E-state index in [2.05, 4.69) is 55.0 Å². The fourth-order valence-electron chi connectivity index (χ4n) is 2.16. The van der Waals surface area contributed by atoms with E-state index < -0.39 is 0 Å². The van der Waals surface area contributed by atoms with Crippen molar-refractivity contribution in [2.45, 2.75) is 33.1 Å². The zero-order valence-electron chi connectivity index (χ0n) is 12.3. The summed E-state index contributed by atoms with van der Waals surface area (Å²) in [5.41, 5.74) is 4.91. The molecule has 0 saturated heterocycles. The van der Waals surface area contributed by atoms with Gasteiger partial charge in [-0.3, -0.25) is 0 Å². The molecule has 2 aromatic heterocycles. The van der Waals surface area contributed by atoms with Crippen molar-refractivity contribution >= 4 is 11.2 Å². The van der Waals surface area contributed by atoms with E-state index in [1.165, 1.54) is 5.56 Å². The Kier molecular flexibility index (Phi) is 2.85. The van der Waals surface area contributed by atoms with Crippen LogP contribution in [0.3, 0.4) is 0 Å². The molecule has 3 rings (SSSR count). The Morgan fingerprint density at radius 2 is 1.75 bits per heavy atom. The fraction of sp³-hybridized carbons (Fsp3) is 0.294. The van der Waals surface area contributed by atoms with Gasteiger partial charge in [-0.15, -0.1) is 0 Å². The topological polar surface area (TPSA) is 38.9 Å². The average molecular weight is 266 g/mol. The Morgan fingerprint density at radius 3 is 2.40 bits per heavy atom. The van der Waals surface area contributed by atoms with Crippen LogP contribution in [0.25, 0.3) is 22.7 Å². The van der Waals surface area contributed by atoms with Crippen molar-refractivity contribution in [3.8, 4) is 11.5 Å². The minimum atomic E-state index is 0.151. The van der Waals surface area contributed by atoms with Crippen molar-refractivity contribution in [1.82, 2.24) is 9.97 Å². The fourth-order valence-corrected chi connectivity index (χ4v) is 2.16. The number of oxazole rings is 1. The molecular formula is C17H18N2O. The maximum absolute atomic E-state index is 5.71. The molecule has 3 heteroatoms. The van der Waals surface area contributed by atoms with Crippen LogP contribution in [0.5, 0.6) is 0 Å². The summed E-state index contributed by atoms with van der Waals surface area (Å²) in [4.78, 5) is 8.76. The van der Waals surface area contributed by atoms with Crippen LogP contribution < -0.4 is 0 Å². The number of aromatic nitrogens is 2. The first-order valence-corrected chi connectivity index (χ1v) is 6.77. The van der Waals surface area contributed by atoms with E-state index in [0.29, 0.717) is 11.6 Å². The molecule has 0 aliphatic rings. The summed E-state index contributed by atoms with van der Waals surface area (Å²) in [7, 11) is 0. The second kappa shape index (κ2) is 4.44. The summed E-state index contributed by atoms with van der Waals surface area (Å²) in [5, 5.41) is 0. The number of benzene rings is 1. The summed E-state index contributed by atoms with van der Waals surface area (Å²) in [5.74, 6) is 0.624. The van der Waals surface area contributed by atoms with Crippen LogP contribution in [0.4, 0.5) is 0 Å². The maximum Gasteiger partial charge on any atom is 0.247 e. The van der Waals surface area contributed by atoms with Crippen molar-refractivity contribution in [2.75, 3.05) is 0 Å². The first kappa shape index (κ1) is 12.9. The Bertz CT molecular complexity index is 749. The number of hydrogen-bond acceptors (Lipinski definition) is 3. The molecule has 102 valence electrons. The monoisotopic (exact) mass is 266 g/mol. The van der Waals surface area contributed by atoms with Crippen LogP contribution in [0, 0.1) is 6.92 Å². The SMILES string of the molecule is Cc1cnc2oc(-c3ccc(C(C)(C)C)cc3)nc2c1. The highest BCUT2D eigenvalue weighted by molar-refractivity contribution is 5.73. The molecule has 0 aliphatic carbocycles. The summed E-state index contributed by atoms with van der Waals surface area (Å²) in [6, 6.07) is 10.3. The van der Waals surface area contributed by atoms with Crippen LogP contribution in [0.2, 0.25) is 0 Å². The molecule has 0 spiro atoms. The predicted molar refractivity (Wildman–Crippen MR) is 80.7 cm³/mol. The first-order valence-electron chi connectivity index (χ1n) is 6.77. The van der Waals surface area contributed by atoms with Crippen molar-refractivity contribution in [3.05, 3.63) is 47.7 Å². The Labute approximate surface area is 118 Å². The summed E-state index contributed by atoms with van der Waals surface area (Å²) < 4.78 is 5.71. The molecule has 1 aromatic carbocycles. The van der Waals surface area contributed by atoms with E-state index in [1.54, 1.807) is 6.20 Å². The molecule has 0 fully saturated rings. The van der Waals surface area contributed by atoms with Gasteiger partial charge in [0.1, 0.15) is 5.52 Å². The van der Waals surface area contributed by atoms with Gasteiger partial charge < -0.3 is 4.42 Å². The van der Waals surface area contributed by atoms with Gasteiger partial charge in [-0.1, -0.05) is 32.9 Å². The molecule has 2 heterocycles. The van der Waals surface area contributed by atoms with Crippen LogP contribution >= 0.6 is 0 Å². The van der Waals surface area contributed by atoms with Crippen LogP contribution in [-0.2, 0) is 5.41 Å². The number of pyridine rings is 1. The third-order valence-electron chi connectivity index (χ3n) is 3.38. The van der Waals surface area contributed by atoms with E-state index in [9.17, 15) is 0 Å². The van der Waals surface area contributed by atoms with Crippen LogP contribution in [0.15, 0.2) is 40.9 Å². The third kappa shape index (κ3) is 2.31. The number of nitrogens with zero attached hydrogens (tertiary/aromatic N) is 2. The lowest BCUT2D eigenvalue weighted by atomic mass is 9.87. The minimum absolute atomic E-state index is 0.151. The molecule has 0 aliphatic heterocycles. The highest BCUT2D eigenvalue weighted by Crippen LogP contribution is 2.27. The molecule has 0 amide bonds. The highest BCUT2D eigenvalue weighted by Gasteiger charge is 2.14. The molecule has 0 unspecified atom stereocenters. The number of hydrogen-bond donors (Lipinski definition) is 0. The van der Waals surface area contributed by atoms with Crippen molar-refractivity contribution < 1.29 is 4.42 Å². The van der Waals surface area contributed by atoms with Crippen molar-refractivity contribution in [2.24, 2.45) is 0 Å². The molecule has 20 heavy (non-hydrogen) atoms. The Morgan fingerprint density at radius 1 is 1.05 bits per heavy atom. The lowest BCUT2D eigenvalue weighted by Gasteiger charge is -2.18. The van der Waals surface area contributed by atoms with Crippen LogP contribution in [-0.4, -0.2) is 9.97 Å². The summed E-state index contributed by atoms with van der Waals surface area (Å²) in [6.45, 7) is 8.61. The molecule has 0 atom stereocenters. The quantitative estimate of drug-likeness (QED) is 0.651. The van der Waals surface area contributed by atoms with E-state index in [1.807, 2.05) is 13.0 Å². The second-order valence-corrected chi connectivity index (χ2v) is 6.18. The first-order chi connectivity index (χ1) is 9.43. The molecular weight excluding hydrogens is 248 g/mol. The maximum atomic E-state index is 5.71. The Hall–Kier alpha value is -2.16. The van der Waals surface area contributed by atoms with E-state index >= 15 is 0 Å². The van der Waals surface area contributed by atoms with Gasteiger partial charge in [0.15, 0.2) is 0 Å². The van der Waals surface area contributed by atoms with Gasteiger partial charge >= 0.3 is 0 Å². The lowest BCUT2D eigenvalue weighted by molar-refractivity contribution is 0.589. The van der Waals surface area contributed by atoms with E-state index in [4.69, 9.17) is 4.42 Å².